The van der Waals surface area contributed by atoms with E-state index >= 15 is 0 Å². The highest BCUT2D eigenvalue weighted by molar-refractivity contribution is 9.11. The van der Waals surface area contributed by atoms with Gasteiger partial charge >= 0.3 is 0 Å². The summed E-state index contributed by atoms with van der Waals surface area (Å²) in [7, 11) is 0. The monoisotopic (exact) mass is 367 g/mol. The van der Waals surface area contributed by atoms with Gasteiger partial charge in [0.25, 0.3) is 0 Å². The van der Waals surface area contributed by atoms with E-state index in [1.807, 2.05) is 11.8 Å². The van der Waals surface area contributed by atoms with Crippen molar-refractivity contribution in [1.82, 2.24) is 4.90 Å². The number of halogens is 1. The van der Waals surface area contributed by atoms with Crippen LogP contribution in [0.5, 0.6) is 0 Å². The molecule has 0 aromatic rings. The van der Waals surface area contributed by atoms with Gasteiger partial charge in [0.2, 0.25) is 0 Å². The van der Waals surface area contributed by atoms with Gasteiger partial charge in [0, 0.05) is 29.0 Å². The zero-order chi connectivity index (χ0) is 14.9. The van der Waals surface area contributed by atoms with Crippen molar-refractivity contribution in [2.24, 2.45) is 15.4 Å². The fourth-order valence-electron chi connectivity index (χ4n) is 2.96. The first-order valence-corrected chi connectivity index (χ1v) is 9.38. The van der Waals surface area contributed by atoms with E-state index in [-0.39, 0.29) is 5.41 Å². The first kappa shape index (κ1) is 15.3. The van der Waals surface area contributed by atoms with E-state index in [1.165, 1.54) is 21.6 Å². The van der Waals surface area contributed by atoms with Gasteiger partial charge in [0.1, 0.15) is 5.84 Å². The molecule has 1 saturated heterocycles. The largest absolute Gasteiger partial charge is 0.308 e. The summed E-state index contributed by atoms with van der Waals surface area (Å²) in [5.74, 6) is 1.23. The topological polar surface area (TPSA) is 28.0 Å². The van der Waals surface area contributed by atoms with E-state index in [9.17, 15) is 0 Å². The lowest BCUT2D eigenvalue weighted by Crippen LogP contribution is -2.52. The number of nitrogens with zero attached hydrogens (tertiary/aromatic N) is 3. The Balaban J connectivity index is 1.96. The van der Waals surface area contributed by atoms with Gasteiger partial charge in [-0.05, 0) is 32.3 Å². The maximum atomic E-state index is 4.87. The highest BCUT2D eigenvalue weighted by Gasteiger charge is 2.46. The highest BCUT2D eigenvalue weighted by Crippen LogP contribution is 2.50. The van der Waals surface area contributed by atoms with Crippen LogP contribution < -0.4 is 0 Å². The number of rotatable bonds is 3. The summed E-state index contributed by atoms with van der Waals surface area (Å²) in [6.07, 6.45) is 9.01. The van der Waals surface area contributed by atoms with Crippen molar-refractivity contribution in [2.45, 2.75) is 39.5 Å². The lowest BCUT2D eigenvalue weighted by molar-refractivity contribution is 0.452. The number of amidine groups is 2. The lowest BCUT2D eigenvalue weighted by Gasteiger charge is -2.46. The molecular weight excluding hydrogens is 346 g/mol. The Morgan fingerprint density at radius 2 is 2.38 bits per heavy atom. The summed E-state index contributed by atoms with van der Waals surface area (Å²) in [6, 6.07) is 0. The van der Waals surface area contributed by atoms with E-state index in [2.05, 4.69) is 46.8 Å². The van der Waals surface area contributed by atoms with E-state index in [0.29, 0.717) is 0 Å². The number of unbranched alkanes of at least 4 members (excludes halogenated alkanes) is 1. The predicted molar refractivity (Wildman–Crippen MR) is 96.2 cm³/mol. The Morgan fingerprint density at radius 1 is 1.52 bits per heavy atom. The molecule has 0 N–H and O–H groups in total. The van der Waals surface area contributed by atoms with Crippen molar-refractivity contribution in [3.05, 3.63) is 21.5 Å². The van der Waals surface area contributed by atoms with Crippen LogP contribution in [0.2, 0.25) is 0 Å². The molecule has 0 spiro atoms. The molecule has 0 amide bonds. The third-order valence-electron chi connectivity index (χ3n) is 4.26. The third-order valence-corrected chi connectivity index (χ3v) is 6.13. The standard InChI is InChI=1S/C16H22BrN3S/c1-3-4-8-19-15-20-10-5-9-18-14(20)16(2)7-6-12(17)11-13(16)21-15/h6,11H,3-5,7-10H2,1-2H3. The molecule has 3 aliphatic rings. The molecule has 5 heteroatoms. The van der Waals surface area contributed by atoms with E-state index < -0.39 is 0 Å². The van der Waals surface area contributed by atoms with Crippen LogP contribution >= 0.6 is 27.7 Å². The van der Waals surface area contributed by atoms with Gasteiger partial charge in [-0.15, -0.1) is 0 Å². The second-order valence-corrected chi connectivity index (χ2v) is 7.89. The molecular formula is C16H22BrN3S. The van der Waals surface area contributed by atoms with Crippen molar-refractivity contribution < 1.29 is 0 Å². The Morgan fingerprint density at radius 3 is 3.19 bits per heavy atom. The quantitative estimate of drug-likeness (QED) is 0.683. The van der Waals surface area contributed by atoms with Gasteiger partial charge in [0.05, 0.1) is 5.41 Å². The summed E-state index contributed by atoms with van der Waals surface area (Å²) < 4.78 is 1.18. The third kappa shape index (κ3) is 2.87. The summed E-state index contributed by atoms with van der Waals surface area (Å²) >= 11 is 5.46. The molecule has 0 saturated carbocycles. The number of hydrogen-bond donors (Lipinski definition) is 0. The smallest absolute Gasteiger partial charge is 0.169 e. The van der Waals surface area contributed by atoms with Gasteiger partial charge in [-0.2, -0.15) is 0 Å². The predicted octanol–water partition coefficient (Wildman–Crippen LogP) is 4.57. The Hall–Kier alpha value is -0.550. The Bertz CT molecular complexity index is 550. The van der Waals surface area contributed by atoms with E-state index in [0.717, 1.165) is 44.1 Å². The molecule has 114 valence electrons. The number of thioether (sulfide) groups is 1. The zero-order valence-corrected chi connectivity index (χ0v) is 15.1. The van der Waals surface area contributed by atoms with E-state index in [4.69, 9.17) is 9.98 Å². The van der Waals surface area contributed by atoms with Crippen LogP contribution in [0.1, 0.15) is 39.5 Å². The van der Waals surface area contributed by atoms with Gasteiger partial charge in [-0.1, -0.05) is 47.1 Å². The van der Waals surface area contributed by atoms with Gasteiger partial charge in [-0.3, -0.25) is 9.98 Å². The molecule has 0 aromatic heterocycles. The van der Waals surface area contributed by atoms with Gasteiger partial charge in [0.15, 0.2) is 5.17 Å². The Labute approximate surface area is 139 Å². The maximum Gasteiger partial charge on any atom is 0.169 e. The number of aliphatic imine (C=N–C) groups is 2. The zero-order valence-electron chi connectivity index (χ0n) is 12.7. The molecule has 3 nitrogen and oxygen atoms in total. The van der Waals surface area contributed by atoms with Gasteiger partial charge in [-0.25, -0.2) is 0 Å². The summed E-state index contributed by atoms with van der Waals surface area (Å²) in [5, 5.41) is 1.15. The van der Waals surface area contributed by atoms with Crippen molar-refractivity contribution in [3.8, 4) is 0 Å². The SMILES string of the molecule is CCCCN=C1SC2=CC(Br)=CCC2(C)C2=NCCCN12. The minimum Gasteiger partial charge on any atom is -0.308 e. The van der Waals surface area contributed by atoms with E-state index in [1.54, 1.807) is 0 Å². The van der Waals surface area contributed by atoms with Gasteiger partial charge < -0.3 is 4.90 Å². The average Bonchev–Trinajstić information content (AvgIpc) is 2.49. The number of hydrogen-bond acceptors (Lipinski definition) is 3. The van der Waals surface area contributed by atoms with Crippen molar-refractivity contribution >= 4 is 38.7 Å². The van der Waals surface area contributed by atoms with Crippen molar-refractivity contribution in [2.75, 3.05) is 19.6 Å². The van der Waals surface area contributed by atoms with Crippen LogP contribution in [-0.2, 0) is 0 Å². The average molecular weight is 368 g/mol. The maximum absolute atomic E-state index is 4.87. The second-order valence-electron chi connectivity index (χ2n) is 5.96. The first-order chi connectivity index (χ1) is 10.1. The molecule has 1 atom stereocenters. The van der Waals surface area contributed by atoms with Crippen molar-refractivity contribution in [1.29, 1.82) is 0 Å². The molecule has 0 bridgehead atoms. The highest BCUT2D eigenvalue weighted by atomic mass is 79.9. The number of fused-ring (bicyclic) bond motifs is 3. The minimum atomic E-state index is 0.0339. The molecule has 3 rings (SSSR count). The van der Waals surface area contributed by atoms with Crippen LogP contribution in [0.15, 0.2) is 31.5 Å². The summed E-state index contributed by atoms with van der Waals surface area (Å²) in [5.41, 5.74) is 0.0339. The Kier molecular flexibility index (Phi) is 4.60. The van der Waals surface area contributed by atoms with Crippen LogP contribution in [0.25, 0.3) is 0 Å². The lowest BCUT2D eigenvalue weighted by atomic mass is 9.80. The van der Waals surface area contributed by atoms with Crippen LogP contribution in [-0.4, -0.2) is 35.5 Å². The molecule has 1 aliphatic carbocycles. The molecule has 1 fully saturated rings. The molecule has 1 unspecified atom stereocenters. The summed E-state index contributed by atoms with van der Waals surface area (Å²) in [6.45, 7) is 7.47. The molecule has 21 heavy (non-hydrogen) atoms. The van der Waals surface area contributed by atoms with Crippen molar-refractivity contribution in [3.63, 3.8) is 0 Å². The number of allylic oxidation sites excluding steroid dienone is 3. The van der Waals surface area contributed by atoms with Crippen LogP contribution in [0, 0.1) is 5.41 Å². The molecule has 2 heterocycles. The summed E-state index contributed by atoms with van der Waals surface area (Å²) in [4.78, 5) is 13.5. The molecule has 0 aromatic carbocycles. The fourth-order valence-corrected chi connectivity index (χ4v) is 4.73. The minimum absolute atomic E-state index is 0.0339. The molecule has 0 radical (unpaired) electrons. The first-order valence-electron chi connectivity index (χ1n) is 7.78. The normalized spacial score (nSPS) is 30.3. The molecule has 2 aliphatic heterocycles. The van der Waals surface area contributed by atoms with Crippen LogP contribution in [0.3, 0.4) is 0 Å². The fraction of sp³-hybridized carbons (Fsp3) is 0.625. The van der Waals surface area contributed by atoms with Crippen LogP contribution in [0.4, 0.5) is 0 Å². The second kappa shape index (κ2) is 6.29.